The normalized spacial score (nSPS) is 42.0. The number of ether oxygens (including phenoxy) is 2. The summed E-state index contributed by atoms with van der Waals surface area (Å²) >= 11 is 0. The summed E-state index contributed by atoms with van der Waals surface area (Å²) in [4.78, 5) is 12.4. The van der Waals surface area contributed by atoms with E-state index in [0.29, 0.717) is 18.6 Å². The van der Waals surface area contributed by atoms with Crippen molar-refractivity contribution in [1.82, 2.24) is 10.6 Å². The standard InChI is InChI=1S/C14H24N2O3.ClH/c1-8-10(15-5-7-18-8)13(17)16-11-9-4-6-19-12(9)14(11,2)3;/h8-12,15H,4-7H2,1-3H3,(H,16,17);1H/t8-,9?,10+,11?,12?;/m1./s1. The Balaban J connectivity index is 0.00000147. The fourth-order valence-corrected chi connectivity index (χ4v) is 3.89. The maximum absolute atomic E-state index is 12.4. The Morgan fingerprint density at radius 1 is 1.30 bits per heavy atom. The third-order valence-corrected chi connectivity index (χ3v) is 5.00. The highest BCUT2D eigenvalue weighted by Gasteiger charge is 2.60. The maximum atomic E-state index is 12.4. The molecular weight excluding hydrogens is 280 g/mol. The van der Waals surface area contributed by atoms with Crippen LogP contribution in [-0.4, -0.2) is 50.0 Å². The number of halogens is 1. The molecule has 2 N–H and O–H groups in total. The van der Waals surface area contributed by atoms with E-state index < -0.39 is 0 Å². The molecule has 5 atom stereocenters. The van der Waals surface area contributed by atoms with Crippen molar-refractivity contribution in [2.45, 2.75) is 51.5 Å². The predicted molar refractivity (Wildman–Crippen MR) is 78.0 cm³/mol. The minimum atomic E-state index is -0.231. The van der Waals surface area contributed by atoms with Gasteiger partial charge in [0.25, 0.3) is 0 Å². The topological polar surface area (TPSA) is 59.6 Å². The number of fused-ring (bicyclic) bond motifs is 1. The molecule has 2 aliphatic heterocycles. The molecule has 3 rings (SSSR count). The second-order valence-corrected chi connectivity index (χ2v) is 6.56. The molecule has 1 aliphatic carbocycles. The summed E-state index contributed by atoms with van der Waals surface area (Å²) in [5, 5.41) is 6.46. The molecule has 0 aromatic carbocycles. The quantitative estimate of drug-likeness (QED) is 0.789. The van der Waals surface area contributed by atoms with Crippen LogP contribution in [0.3, 0.4) is 0 Å². The Kier molecular flexibility index (Phi) is 4.64. The fourth-order valence-electron chi connectivity index (χ4n) is 3.89. The van der Waals surface area contributed by atoms with Crippen molar-refractivity contribution in [1.29, 1.82) is 0 Å². The fraction of sp³-hybridized carbons (Fsp3) is 0.929. The predicted octanol–water partition coefficient (Wildman–Crippen LogP) is 0.715. The molecule has 0 aromatic heterocycles. The molecule has 0 aromatic rings. The zero-order valence-corrected chi connectivity index (χ0v) is 13.2. The maximum Gasteiger partial charge on any atom is 0.240 e. The van der Waals surface area contributed by atoms with Gasteiger partial charge in [-0.2, -0.15) is 0 Å². The SMILES string of the molecule is C[C@H]1OCCN[C@@H]1C(=O)NC1C2CCOC2C1(C)C.Cl. The van der Waals surface area contributed by atoms with Gasteiger partial charge in [0.15, 0.2) is 0 Å². The van der Waals surface area contributed by atoms with Crippen LogP contribution < -0.4 is 10.6 Å². The van der Waals surface area contributed by atoms with E-state index in [1.54, 1.807) is 0 Å². The number of amides is 1. The molecule has 3 fully saturated rings. The van der Waals surface area contributed by atoms with Gasteiger partial charge in [0.2, 0.25) is 5.91 Å². The number of hydrogen-bond donors (Lipinski definition) is 2. The van der Waals surface area contributed by atoms with E-state index in [0.717, 1.165) is 19.6 Å². The summed E-state index contributed by atoms with van der Waals surface area (Å²) < 4.78 is 11.3. The van der Waals surface area contributed by atoms with Crippen molar-refractivity contribution in [3.63, 3.8) is 0 Å². The lowest BCUT2D eigenvalue weighted by Gasteiger charge is -2.55. The summed E-state index contributed by atoms with van der Waals surface area (Å²) in [5.74, 6) is 0.550. The van der Waals surface area contributed by atoms with E-state index in [9.17, 15) is 4.79 Å². The molecule has 1 saturated carbocycles. The molecule has 2 saturated heterocycles. The number of nitrogens with one attached hydrogen (secondary N) is 2. The second-order valence-electron chi connectivity index (χ2n) is 6.56. The van der Waals surface area contributed by atoms with Gasteiger partial charge in [0.05, 0.1) is 18.8 Å². The number of hydrogen-bond acceptors (Lipinski definition) is 4. The summed E-state index contributed by atoms with van der Waals surface area (Å²) in [7, 11) is 0. The van der Waals surface area contributed by atoms with Crippen LogP contribution in [0.2, 0.25) is 0 Å². The lowest BCUT2D eigenvalue weighted by atomic mass is 9.57. The van der Waals surface area contributed by atoms with Gasteiger partial charge >= 0.3 is 0 Å². The number of carbonyl (C=O) groups excluding carboxylic acids is 1. The molecule has 5 nitrogen and oxygen atoms in total. The second kappa shape index (κ2) is 5.79. The van der Waals surface area contributed by atoms with E-state index >= 15 is 0 Å². The highest BCUT2D eigenvalue weighted by atomic mass is 35.5. The number of carbonyl (C=O) groups is 1. The van der Waals surface area contributed by atoms with E-state index in [1.807, 2.05) is 6.92 Å². The van der Waals surface area contributed by atoms with E-state index in [4.69, 9.17) is 9.47 Å². The van der Waals surface area contributed by atoms with Crippen LogP contribution in [-0.2, 0) is 14.3 Å². The monoisotopic (exact) mass is 304 g/mol. The van der Waals surface area contributed by atoms with Crippen LogP contribution in [0.15, 0.2) is 0 Å². The largest absolute Gasteiger partial charge is 0.377 e. The molecule has 2 heterocycles. The van der Waals surface area contributed by atoms with Gasteiger partial charge < -0.3 is 20.1 Å². The molecule has 6 heteroatoms. The third kappa shape index (κ3) is 2.45. The first-order valence-electron chi connectivity index (χ1n) is 7.29. The molecular formula is C14H25ClN2O3. The highest BCUT2D eigenvalue weighted by molar-refractivity contribution is 5.85. The van der Waals surface area contributed by atoms with E-state index in [1.165, 1.54) is 0 Å². The Morgan fingerprint density at radius 2 is 2.05 bits per heavy atom. The third-order valence-electron chi connectivity index (χ3n) is 5.00. The Hall–Kier alpha value is -0.360. The van der Waals surface area contributed by atoms with E-state index in [2.05, 4.69) is 24.5 Å². The van der Waals surface area contributed by atoms with Gasteiger partial charge in [-0.1, -0.05) is 13.8 Å². The van der Waals surface area contributed by atoms with Crippen LogP contribution in [0.4, 0.5) is 0 Å². The smallest absolute Gasteiger partial charge is 0.240 e. The summed E-state index contributed by atoms with van der Waals surface area (Å²) in [6, 6.07) is -0.00523. The molecule has 3 aliphatic rings. The Morgan fingerprint density at radius 3 is 2.75 bits per heavy atom. The van der Waals surface area contributed by atoms with Crippen molar-refractivity contribution in [2.75, 3.05) is 19.8 Å². The molecule has 0 radical (unpaired) electrons. The zero-order chi connectivity index (χ0) is 13.6. The number of rotatable bonds is 2. The lowest BCUT2D eigenvalue weighted by molar-refractivity contribution is -0.143. The van der Waals surface area contributed by atoms with Crippen LogP contribution in [0, 0.1) is 11.3 Å². The first kappa shape index (κ1) is 16.0. The van der Waals surface area contributed by atoms with Crippen LogP contribution in [0.25, 0.3) is 0 Å². The molecule has 0 bridgehead atoms. The molecule has 1 amide bonds. The lowest BCUT2D eigenvalue weighted by Crippen LogP contribution is -2.69. The van der Waals surface area contributed by atoms with Crippen molar-refractivity contribution < 1.29 is 14.3 Å². The van der Waals surface area contributed by atoms with Gasteiger partial charge in [-0.05, 0) is 13.3 Å². The van der Waals surface area contributed by atoms with Gasteiger partial charge in [-0.25, -0.2) is 0 Å². The van der Waals surface area contributed by atoms with Gasteiger partial charge in [-0.15, -0.1) is 12.4 Å². The van der Waals surface area contributed by atoms with Crippen LogP contribution >= 0.6 is 12.4 Å². The highest BCUT2D eigenvalue weighted by Crippen LogP contribution is 2.52. The number of morpholine rings is 1. The van der Waals surface area contributed by atoms with Crippen LogP contribution in [0.5, 0.6) is 0 Å². The van der Waals surface area contributed by atoms with Crippen molar-refractivity contribution in [3.05, 3.63) is 0 Å². The minimum Gasteiger partial charge on any atom is -0.377 e. The van der Waals surface area contributed by atoms with Gasteiger partial charge in [-0.3, -0.25) is 4.79 Å². The molecule has 116 valence electrons. The van der Waals surface area contributed by atoms with Gasteiger partial charge in [0, 0.05) is 30.5 Å². The zero-order valence-electron chi connectivity index (χ0n) is 12.3. The Labute approximate surface area is 126 Å². The van der Waals surface area contributed by atoms with Gasteiger partial charge in [0.1, 0.15) is 6.04 Å². The molecule has 3 unspecified atom stereocenters. The summed E-state index contributed by atoms with van der Waals surface area (Å²) in [6.45, 7) is 8.55. The first-order valence-corrected chi connectivity index (χ1v) is 7.29. The minimum absolute atomic E-state index is 0. The molecule has 0 spiro atoms. The average Bonchev–Trinajstić information content (AvgIpc) is 2.83. The van der Waals surface area contributed by atoms with Crippen molar-refractivity contribution in [3.8, 4) is 0 Å². The summed E-state index contributed by atoms with van der Waals surface area (Å²) in [6.07, 6.45) is 1.31. The van der Waals surface area contributed by atoms with Crippen LogP contribution in [0.1, 0.15) is 27.2 Å². The van der Waals surface area contributed by atoms with Crippen molar-refractivity contribution >= 4 is 18.3 Å². The molecule has 20 heavy (non-hydrogen) atoms. The Bertz CT molecular complexity index is 377. The first-order chi connectivity index (χ1) is 9.01. The van der Waals surface area contributed by atoms with Crippen molar-refractivity contribution in [2.24, 2.45) is 11.3 Å². The average molecular weight is 305 g/mol. The van der Waals surface area contributed by atoms with E-state index in [-0.39, 0.29) is 41.9 Å². The summed E-state index contributed by atoms with van der Waals surface area (Å²) in [5.41, 5.74) is 0.0373.